The van der Waals surface area contributed by atoms with E-state index in [9.17, 15) is 4.79 Å². The van der Waals surface area contributed by atoms with E-state index in [0.29, 0.717) is 5.69 Å². The van der Waals surface area contributed by atoms with Gasteiger partial charge in [0.25, 0.3) is 0 Å². The maximum Gasteiger partial charge on any atom is 0.338 e. The Hall–Kier alpha value is -1.63. The molecule has 0 heterocycles. The number of anilines is 1. The lowest BCUT2D eigenvalue weighted by Crippen LogP contribution is -2.42. The van der Waals surface area contributed by atoms with Gasteiger partial charge in [0.15, 0.2) is 6.10 Å². The van der Waals surface area contributed by atoms with Crippen LogP contribution in [0.1, 0.15) is 17.3 Å². The van der Waals surface area contributed by atoms with Gasteiger partial charge in [-0.15, -0.1) is 0 Å². The molecule has 0 fully saturated rings. The standard InChI is InChI=1S/C10H13NO5/c1-6(10(13,14)15)16-9(12)7-2-4-8(11)5-3-7/h2-6,13-15H,11H2,1H3. The molecule has 1 aromatic rings. The first kappa shape index (κ1) is 12.4. The molecule has 0 bridgehead atoms. The second-order valence-electron chi connectivity index (χ2n) is 3.36. The van der Waals surface area contributed by atoms with Crippen LogP contribution in [0.2, 0.25) is 0 Å². The molecule has 1 rings (SSSR count). The molecule has 0 aliphatic heterocycles. The van der Waals surface area contributed by atoms with Crippen molar-refractivity contribution >= 4 is 11.7 Å². The van der Waals surface area contributed by atoms with Crippen molar-refractivity contribution in [2.75, 3.05) is 5.73 Å². The van der Waals surface area contributed by atoms with Crippen molar-refractivity contribution in [3.63, 3.8) is 0 Å². The van der Waals surface area contributed by atoms with Crippen LogP contribution < -0.4 is 5.73 Å². The van der Waals surface area contributed by atoms with Crippen LogP contribution in [-0.4, -0.2) is 33.4 Å². The summed E-state index contributed by atoms with van der Waals surface area (Å²) in [6, 6.07) is 5.87. The van der Waals surface area contributed by atoms with Gasteiger partial charge < -0.3 is 25.8 Å². The zero-order chi connectivity index (χ0) is 12.3. The smallest absolute Gasteiger partial charge is 0.338 e. The molecular formula is C10H13NO5. The fraction of sp³-hybridized carbons (Fsp3) is 0.300. The minimum atomic E-state index is -3.05. The number of ether oxygens (including phenoxy) is 1. The predicted molar refractivity (Wildman–Crippen MR) is 55.1 cm³/mol. The number of carbonyl (C=O) groups is 1. The van der Waals surface area contributed by atoms with Gasteiger partial charge in [-0.2, -0.15) is 0 Å². The molecule has 1 unspecified atom stereocenters. The Morgan fingerprint density at radius 3 is 2.25 bits per heavy atom. The molecule has 0 aliphatic rings. The van der Waals surface area contributed by atoms with E-state index >= 15 is 0 Å². The number of hydrogen-bond donors (Lipinski definition) is 4. The zero-order valence-corrected chi connectivity index (χ0v) is 8.62. The number of nitrogens with two attached hydrogens (primary N) is 1. The molecule has 16 heavy (non-hydrogen) atoms. The number of esters is 1. The fourth-order valence-corrected chi connectivity index (χ4v) is 0.927. The highest BCUT2D eigenvalue weighted by Gasteiger charge is 2.31. The summed E-state index contributed by atoms with van der Waals surface area (Å²) in [7, 11) is 0. The highest BCUT2D eigenvalue weighted by atomic mass is 16.7. The van der Waals surface area contributed by atoms with E-state index in [1.807, 2.05) is 0 Å². The Morgan fingerprint density at radius 1 is 1.31 bits per heavy atom. The lowest BCUT2D eigenvalue weighted by atomic mass is 10.2. The average Bonchev–Trinajstić information content (AvgIpc) is 2.17. The van der Waals surface area contributed by atoms with Gasteiger partial charge >= 0.3 is 11.9 Å². The van der Waals surface area contributed by atoms with Crippen molar-refractivity contribution in [2.45, 2.75) is 19.0 Å². The maximum atomic E-state index is 11.4. The van der Waals surface area contributed by atoms with E-state index in [2.05, 4.69) is 4.74 Å². The third kappa shape index (κ3) is 3.20. The Balaban J connectivity index is 2.70. The van der Waals surface area contributed by atoms with Crippen molar-refractivity contribution in [3.05, 3.63) is 29.8 Å². The van der Waals surface area contributed by atoms with Crippen LogP contribution in [-0.2, 0) is 4.74 Å². The molecule has 1 aromatic carbocycles. The first-order valence-corrected chi connectivity index (χ1v) is 4.54. The molecule has 0 aromatic heterocycles. The second kappa shape index (κ2) is 4.48. The molecule has 6 nitrogen and oxygen atoms in total. The minimum Gasteiger partial charge on any atom is -0.450 e. The van der Waals surface area contributed by atoms with Crippen molar-refractivity contribution < 1.29 is 24.9 Å². The van der Waals surface area contributed by atoms with Crippen molar-refractivity contribution in [1.29, 1.82) is 0 Å². The van der Waals surface area contributed by atoms with E-state index < -0.39 is 18.0 Å². The molecule has 0 radical (unpaired) electrons. The van der Waals surface area contributed by atoms with Crippen LogP contribution in [0.25, 0.3) is 0 Å². The van der Waals surface area contributed by atoms with Crippen molar-refractivity contribution in [3.8, 4) is 0 Å². The van der Waals surface area contributed by atoms with Crippen molar-refractivity contribution in [1.82, 2.24) is 0 Å². The number of nitrogen functional groups attached to an aromatic ring is 1. The normalized spacial score (nSPS) is 13.2. The molecule has 88 valence electrons. The highest BCUT2D eigenvalue weighted by molar-refractivity contribution is 5.89. The molecule has 0 aliphatic carbocycles. The molecule has 6 heteroatoms. The monoisotopic (exact) mass is 227 g/mol. The quantitative estimate of drug-likeness (QED) is 0.313. The second-order valence-corrected chi connectivity index (χ2v) is 3.36. The Morgan fingerprint density at radius 2 is 1.81 bits per heavy atom. The summed E-state index contributed by atoms with van der Waals surface area (Å²) in [4.78, 5) is 11.4. The fourth-order valence-electron chi connectivity index (χ4n) is 0.927. The number of hydrogen-bond acceptors (Lipinski definition) is 6. The van der Waals surface area contributed by atoms with Crippen molar-refractivity contribution in [2.24, 2.45) is 0 Å². The molecule has 0 saturated heterocycles. The van der Waals surface area contributed by atoms with E-state index in [1.54, 1.807) is 0 Å². The topological polar surface area (TPSA) is 113 Å². The Labute approximate surface area is 91.9 Å². The SMILES string of the molecule is CC(OC(=O)c1ccc(N)cc1)C(O)(O)O. The number of rotatable bonds is 3. The van der Waals surface area contributed by atoms with Crippen LogP contribution in [0.5, 0.6) is 0 Å². The van der Waals surface area contributed by atoms with Crippen LogP contribution >= 0.6 is 0 Å². The first-order chi connectivity index (χ1) is 7.30. The van der Waals surface area contributed by atoms with Crippen LogP contribution in [0.3, 0.4) is 0 Å². The van der Waals surface area contributed by atoms with Gasteiger partial charge in [0.2, 0.25) is 0 Å². The highest BCUT2D eigenvalue weighted by Crippen LogP contribution is 2.11. The number of carbonyl (C=O) groups excluding carboxylic acids is 1. The summed E-state index contributed by atoms with van der Waals surface area (Å²) in [5.74, 6) is -3.84. The molecular weight excluding hydrogens is 214 g/mol. The summed E-state index contributed by atoms with van der Waals surface area (Å²) < 4.78 is 4.61. The Kier molecular flexibility index (Phi) is 3.48. The van der Waals surface area contributed by atoms with Crippen LogP contribution in [0.15, 0.2) is 24.3 Å². The third-order valence-corrected chi connectivity index (χ3v) is 1.98. The van der Waals surface area contributed by atoms with Crippen LogP contribution in [0, 0.1) is 0 Å². The number of benzene rings is 1. The van der Waals surface area contributed by atoms with Gasteiger partial charge in [-0.25, -0.2) is 4.79 Å². The molecule has 0 spiro atoms. The average molecular weight is 227 g/mol. The summed E-state index contributed by atoms with van der Waals surface area (Å²) in [5, 5.41) is 26.2. The zero-order valence-electron chi connectivity index (χ0n) is 8.62. The summed E-state index contributed by atoms with van der Waals surface area (Å²) in [5.41, 5.74) is 6.12. The first-order valence-electron chi connectivity index (χ1n) is 4.54. The molecule has 1 atom stereocenters. The summed E-state index contributed by atoms with van der Waals surface area (Å²) >= 11 is 0. The molecule has 0 amide bonds. The molecule has 0 saturated carbocycles. The third-order valence-electron chi connectivity index (χ3n) is 1.98. The van der Waals surface area contributed by atoms with Gasteiger partial charge in [-0.3, -0.25) is 0 Å². The summed E-state index contributed by atoms with van der Waals surface area (Å²) in [6.07, 6.45) is -1.46. The van der Waals surface area contributed by atoms with E-state index in [0.717, 1.165) is 6.92 Å². The lowest BCUT2D eigenvalue weighted by molar-refractivity contribution is -0.349. The lowest BCUT2D eigenvalue weighted by Gasteiger charge is -2.22. The van der Waals surface area contributed by atoms with E-state index in [-0.39, 0.29) is 5.56 Å². The van der Waals surface area contributed by atoms with Gasteiger partial charge in [0, 0.05) is 5.69 Å². The largest absolute Gasteiger partial charge is 0.450 e. The van der Waals surface area contributed by atoms with Gasteiger partial charge in [-0.1, -0.05) is 0 Å². The van der Waals surface area contributed by atoms with Gasteiger partial charge in [0.05, 0.1) is 5.56 Å². The molecule has 5 N–H and O–H groups in total. The van der Waals surface area contributed by atoms with E-state index in [4.69, 9.17) is 21.1 Å². The van der Waals surface area contributed by atoms with Gasteiger partial charge in [0.1, 0.15) is 0 Å². The van der Waals surface area contributed by atoms with Crippen LogP contribution in [0.4, 0.5) is 5.69 Å². The number of aliphatic hydroxyl groups is 3. The Bertz CT molecular complexity index is 368. The van der Waals surface area contributed by atoms with Gasteiger partial charge in [-0.05, 0) is 31.2 Å². The predicted octanol–water partition coefficient (Wildman–Crippen LogP) is -0.555. The maximum absolute atomic E-state index is 11.4. The minimum absolute atomic E-state index is 0.199. The summed E-state index contributed by atoms with van der Waals surface area (Å²) in [6.45, 7) is 1.15. The van der Waals surface area contributed by atoms with E-state index in [1.165, 1.54) is 24.3 Å².